The first-order valence-electron chi connectivity index (χ1n) is 10.7. The van der Waals surface area contributed by atoms with Crippen molar-refractivity contribution in [2.24, 2.45) is 0 Å². The molecule has 3 aromatic rings. The first-order valence-corrected chi connectivity index (χ1v) is 10.7. The molecule has 2 aromatic carbocycles. The van der Waals surface area contributed by atoms with E-state index < -0.39 is 12.0 Å². The number of hydrogen-bond acceptors (Lipinski definition) is 3. The molecule has 0 unspecified atom stereocenters. The van der Waals surface area contributed by atoms with Crippen LogP contribution < -0.4 is 0 Å². The molecule has 4 rings (SSSR count). The highest BCUT2D eigenvalue weighted by atomic mass is 19.4. The Balaban J connectivity index is 1.64. The Morgan fingerprint density at radius 3 is 2.19 bits per heavy atom. The maximum atomic E-state index is 13.1. The molecule has 0 radical (unpaired) electrons. The summed E-state index contributed by atoms with van der Waals surface area (Å²) in [7, 11) is 0. The first-order chi connectivity index (χ1) is 14.9. The maximum Gasteiger partial charge on any atom is 0.453 e. The van der Waals surface area contributed by atoms with E-state index in [9.17, 15) is 13.2 Å². The lowest BCUT2D eigenvalue weighted by atomic mass is 9.63. The van der Waals surface area contributed by atoms with Crippen LogP contribution in [-0.4, -0.2) is 20.2 Å². The molecule has 168 valence electrons. The topological polar surface area (TPSA) is 43.6 Å². The molecule has 1 aromatic heterocycles. The number of rotatable bonds is 3. The van der Waals surface area contributed by atoms with Crippen LogP contribution in [0.1, 0.15) is 75.5 Å². The molecule has 1 aliphatic carbocycles. The number of hydrogen-bond donors (Lipinski definition) is 0. The maximum absolute atomic E-state index is 13.1. The molecule has 7 heteroatoms. The fourth-order valence-corrected chi connectivity index (χ4v) is 4.43. The molecule has 0 N–H and O–H groups in total. The van der Waals surface area contributed by atoms with E-state index in [0.717, 1.165) is 23.1 Å². The van der Waals surface area contributed by atoms with Crippen LogP contribution in [0.2, 0.25) is 0 Å². The van der Waals surface area contributed by atoms with Crippen molar-refractivity contribution in [3.05, 3.63) is 70.5 Å². The molecule has 0 amide bonds. The van der Waals surface area contributed by atoms with Gasteiger partial charge in [0.1, 0.15) is 0 Å². The summed E-state index contributed by atoms with van der Waals surface area (Å²) in [6, 6.07) is 13.4. The highest BCUT2D eigenvalue weighted by Crippen LogP contribution is 2.46. The van der Waals surface area contributed by atoms with Gasteiger partial charge in [-0.25, -0.2) is 0 Å². The van der Waals surface area contributed by atoms with Gasteiger partial charge in [0.2, 0.25) is 0 Å². The van der Waals surface area contributed by atoms with Gasteiger partial charge >= 0.3 is 6.18 Å². The van der Waals surface area contributed by atoms with Gasteiger partial charge in [0, 0.05) is 0 Å². The van der Waals surface area contributed by atoms with E-state index in [-0.39, 0.29) is 16.5 Å². The summed E-state index contributed by atoms with van der Waals surface area (Å²) in [5.74, 6) is -1.14. The van der Waals surface area contributed by atoms with Crippen LogP contribution in [0.5, 0.6) is 0 Å². The predicted molar refractivity (Wildman–Crippen MR) is 119 cm³/mol. The summed E-state index contributed by atoms with van der Waals surface area (Å²) in [6.07, 6.45) is -0.180. The number of tetrazole rings is 1. The van der Waals surface area contributed by atoms with Crippen molar-refractivity contribution in [2.45, 2.75) is 64.5 Å². The highest BCUT2D eigenvalue weighted by Gasteiger charge is 2.38. The minimum atomic E-state index is -4.62. The monoisotopic (exact) mass is 440 g/mol. The molecule has 0 atom stereocenters. The average molecular weight is 441 g/mol. The summed E-state index contributed by atoms with van der Waals surface area (Å²) < 4.78 is 39.9. The molecule has 0 saturated carbocycles. The Hall–Kier alpha value is -2.96. The third-order valence-corrected chi connectivity index (χ3v) is 6.55. The summed E-state index contributed by atoms with van der Waals surface area (Å²) >= 11 is 0. The second-order valence-electron chi connectivity index (χ2n) is 9.86. The molecule has 0 spiro atoms. The van der Waals surface area contributed by atoms with Gasteiger partial charge in [-0.3, -0.25) is 0 Å². The molecule has 0 aliphatic heterocycles. The number of alkyl halides is 3. The van der Waals surface area contributed by atoms with Gasteiger partial charge in [-0.2, -0.15) is 17.9 Å². The number of benzene rings is 2. The van der Waals surface area contributed by atoms with Crippen LogP contribution in [0.3, 0.4) is 0 Å². The zero-order chi connectivity index (χ0) is 23.3. The Kier molecular flexibility index (Phi) is 5.26. The molecule has 1 heterocycles. The quantitative estimate of drug-likeness (QED) is 0.432. The van der Waals surface area contributed by atoms with Crippen molar-refractivity contribution in [1.29, 1.82) is 0 Å². The smallest absolute Gasteiger partial charge is 0.189 e. The summed E-state index contributed by atoms with van der Waals surface area (Å²) in [4.78, 5) is 0. The van der Waals surface area contributed by atoms with Crippen molar-refractivity contribution >= 4 is 11.6 Å². The van der Waals surface area contributed by atoms with E-state index in [1.807, 2.05) is 6.92 Å². The minimum absolute atomic E-state index is 0.131. The second kappa shape index (κ2) is 7.57. The van der Waals surface area contributed by atoms with E-state index in [1.165, 1.54) is 17.5 Å². The Labute approximate surface area is 186 Å². The molecule has 4 nitrogen and oxygen atoms in total. The molecule has 0 fully saturated rings. The Morgan fingerprint density at radius 2 is 1.56 bits per heavy atom. The summed E-state index contributed by atoms with van der Waals surface area (Å²) in [5.41, 5.74) is 6.44. The number of fused-ring (bicyclic) bond motifs is 1. The van der Waals surface area contributed by atoms with E-state index in [4.69, 9.17) is 0 Å². The van der Waals surface area contributed by atoms with Crippen LogP contribution in [0, 0.1) is 0 Å². The van der Waals surface area contributed by atoms with Crippen LogP contribution in [0.4, 0.5) is 13.2 Å². The second-order valence-corrected chi connectivity index (χ2v) is 9.86. The van der Waals surface area contributed by atoms with Crippen LogP contribution in [0.15, 0.2) is 42.5 Å². The van der Waals surface area contributed by atoms with Crippen molar-refractivity contribution < 1.29 is 13.2 Å². The third kappa shape index (κ3) is 4.08. The summed E-state index contributed by atoms with van der Waals surface area (Å²) in [6.45, 7) is 11.2. The van der Waals surface area contributed by atoms with Gasteiger partial charge < -0.3 is 0 Å². The Morgan fingerprint density at radius 1 is 0.938 bits per heavy atom. The van der Waals surface area contributed by atoms with E-state index in [0.29, 0.717) is 4.68 Å². The third-order valence-electron chi connectivity index (χ3n) is 6.55. The highest BCUT2D eigenvalue weighted by molar-refractivity contribution is 5.80. The van der Waals surface area contributed by atoms with Gasteiger partial charge in [0.25, 0.3) is 5.82 Å². The number of nitrogens with zero attached hydrogens (tertiary/aromatic N) is 4. The Bertz CT molecular complexity index is 1170. The number of allylic oxidation sites excluding steroid dienone is 1. The van der Waals surface area contributed by atoms with Crippen molar-refractivity contribution in [2.75, 3.05) is 0 Å². The predicted octanol–water partition coefficient (Wildman–Crippen LogP) is 6.59. The van der Waals surface area contributed by atoms with Crippen LogP contribution >= 0.6 is 0 Å². The van der Waals surface area contributed by atoms with Crippen LogP contribution in [-0.2, 0) is 17.0 Å². The molecular formula is C25H27F3N4. The minimum Gasteiger partial charge on any atom is -0.189 e. The summed E-state index contributed by atoms with van der Waals surface area (Å²) in [5, 5.41) is 9.75. The molecule has 0 bridgehead atoms. The van der Waals surface area contributed by atoms with Crippen molar-refractivity contribution in [1.82, 2.24) is 20.2 Å². The lowest BCUT2D eigenvalue weighted by Crippen LogP contribution is -2.33. The molecule has 0 saturated heterocycles. The fraction of sp³-hybridized carbons (Fsp3) is 0.400. The zero-order valence-corrected chi connectivity index (χ0v) is 19.0. The van der Waals surface area contributed by atoms with Gasteiger partial charge in [-0.15, -0.1) is 5.10 Å². The standard InChI is InChI=1S/C25H27F3N4/c1-16(14-17-6-11-20-21(15-17)24(4,5)13-12-23(20,2)3)18-7-9-19(10-8-18)32-22(25(26,27)28)29-30-31-32/h6-11,14-15H,12-13H2,1-5H3. The van der Waals surface area contributed by atoms with Gasteiger partial charge in [0.15, 0.2) is 0 Å². The van der Waals surface area contributed by atoms with Gasteiger partial charge in [0.05, 0.1) is 5.69 Å². The molecule has 32 heavy (non-hydrogen) atoms. The number of aromatic nitrogens is 4. The SMILES string of the molecule is CC(=Cc1ccc2c(c1)C(C)(C)CCC2(C)C)c1ccc(-n2nnnc2C(F)(F)F)cc1. The van der Waals surface area contributed by atoms with Gasteiger partial charge in [-0.1, -0.05) is 64.1 Å². The normalized spacial score (nSPS) is 17.8. The van der Waals surface area contributed by atoms with E-state index >= 15 is 0 Å². The fourth-order valence-electron chi connectivity index (χ4n) is 4.43. The van der Waals surface area contributed by atoms with Crippen molar-refractivity contribution in [3.8, 4) is 5.69 Å². The molecular weight excluding hydrogens is 413 g/mol. The van der Waals surface area contributed by atoms with E-state index in [2.05, 4.69) is 67.5 Å². The first kappa shape index (κ1) is 22.2. The zero-order valence-electron chi connectivity index (χ0n) is 19.0. The molecule has 1 aliphatic rings. The van der Waals surface area contributed by atoms with Crippen molar-refractivity contribution in [3.63, 3.8) is 0 Å². The lowest BCUT2D eigenvalue weighted by Gasteiger charge is -2.42. The largest absolute Gasteiger partial charge is 0.453 e. The lowest BCUT2D eigenvalue weighted by molar-refractivity contribution is -0.146. The average Bonchev–Trinajstić information content (AvgIpc) is 3.22. The van der Waals surface area contributed by atoms with E-state index in [1.54, 1.807) is 24.3 Å². The van der Waals surface area contributed by atoms with Gasteiger partial charge in [-0.05, 0) is 81.0 Å². The number of halogens is 3. The van der Waals surface area contributed by atoms with Crippen LogP contribution in [0.25, 0.3) is 17.3 Å².